The van der Waals surface area contributed by atoms with E-state index in [9.17, 15) is 0 Å². The lowest BCUT2D eigenvalue weighted by Gasteiger charge is -2.09. The highest BCUT2D eigenvalue weighted by atomic mass is 79.9. The Kier molecular flexibility index (Phi) is 4.66. The third kappa shape index (κ3) is 3.59. The Morgan fingerprint density at radius 1 is 1.42 bits per heavy atom. The minimum Gasteiger partial charge on any atom is -0.310 e. The first-order chi connectivity index (χ1) is 8.97. The van der Waals surface area contributed by atoms with Gasteiger partial charge in [-0.25, -0.2) is 0 Å². The molecule has 1 heterocycles. The first-order valence-electron chi connectivity index (χ1n) is 6.18. The molecular formula is C14H17BrClN3. The molecule has 1 aromatic heterocycles. The van der Waals surface area contributed by atoms with Crippen molar-refractivity contribution < 1.29 is 0 Å². The maximum atomic E-state index is 6.31. The van der Waals surface area contributed by atoms with Crippen LogP contribution in [0.15, 0.2) is 28.9 Å². The normalized spacial score (nSPS) is 11.3. The van der Waals surface area contributed by atoms with E-state index in [1.165, 1.54) is 0 Å². The van der Waals surface area contributed by atoms with Crippen LogP contribution in [0.4, 0.5) is 0 Å². The first-order valence-corrected chi connectivity index (χ1v) is 7.36. The predicted octanol–water partition coefficient (Wildman–Crippen LogP) is 4.00. The molecule has 19 heavy (non-hydrogen) atoms. The van der Waals surface area contributed by atoms with Gasteiger partial charge in [0.15, 0.2) is 0 Å². The number of halogens is 2. The number of aromatic nitrogens is 2. The van der Waals surface area contributed by atoms with Crippen molar-refractivity contribution in [3.8, 4) is 11.3 Å². The minimum atomic E-state index is 0.438. The third-order valence-corrected chi connectivity index (χ3v) is 3.60. The SMILES string of the molecule is CC(C)NCc1cn(C)nc1-c1ccc(Br)cc1Cl. The maximum absolute atomic E-state index is 6.31. The Hall–Kier alpha value is -0.840. The van der Waals surface area contributed by atoms with Gasteiger partial charge in [-0.1, -0.05) is 47.4 Å². The fourth-order valence-corrected chi connectivity index (χ4v) is 2.65. The summed E-state index contributed by atoms with van der Waals surface area (Å²) >= 11 is 9.73. The Morgan fingerprint density at radius 3 is 2.79 bits per heavy atom. The van der Waals surface area contributed by atoms with Gasteiger partial charge < -0.3 is 5.32 Å². The van der Waals surface area contributed by atoms with Gasteiger partial charge >= 0.3 is 0 Å². The van der Waals surface area contributed by atoms with Crippen LogP contribution in [0.5, 0.6) is 0 Å². The quantitative estimate of drug-likeness (QED) is 0.910. The monoisotopic (exact) mass is 341 g/mol. The van der Waals surface area contributed by atoms with Crippen molar-refractivity contribution in [2.45, 2.75) is 26.4 Å². The summed E-state index contributed by atoms with van der Waals surface area (Å²) in [5, 5.41) is 8.64. The first kappa shape index (κ1) is 14.6. The van der Waals surface area contributed by atoms with Gasteiger partial charge in [-0.3, -0.25) is 4.68 Å². The fraction of sp³-hybridized carbons (Fsp3) is 0.357. The van der Waals surface area contributed by atoms with Crippen LogP contribution in [0.25, 0.3) is 11.3 Å². The van der Waals surface area contributed by atoms with Crippen LogP contribution in [0.1, 0.15) is 19.4 Å². The molecule has 0 aliphatic heterocycles. The second-order valence-electron chi connectivity index (χ2n) is 4.84. The van der Waals surface area contributed by atoms with Crippen LogP contribution in [-0.2, 0) is 13.6 Å². The van der Waals surface area contributed by atoms with E-state index in [0.29, 0.717) is 11.1 Å². The second-order valence-corrected chi connectivity index (χ2v) is 6.16. The molecule has 2 aromatic rings. The molecule has 0 atom stereocenters. The van der Waals surface area contributed by atoms with Crippen LogP contribution < -0.4 is 5.32 Å². The number of nitrogens with zero attached hydrogens (tertiary/aromatic N) is 2. The van der Waals surface area contributed by atoms with E-state index < -0.39 is 0 Å². The van der Waals surface area contributed by atoms with Gasteiger partial charge in [-0.05, 0) is 12.1 Å². The number of rotatable bonds is 4. The Bertz CT molecular complexity index is 578. The van der Waals surface area contributed by atoms with Gasteiger partial charge in [0, 0.05) is 41.4 Å². The third-order valence-electron chi connectivity index (χ3n) is 2.79. The molecule has 0 amide bonds. The van der Waals surface area contributed by atoms with E-state index in [1.54, 1.807) is 0 Å². The molecule has 3 nitrogen and oxygen atoms in total. The zero-order chi connectivity index (χ0) is 14.0. The summed E-state index contributed by atoms with van der Waals surface area (Å²) in [4.78, 5) is 0. The van der Waals surface area contributed by atoms with E-state index in [1.807, 2.05) is 36.1 Å². The van der Waals surface area contributed by atoms with Gasteiger partial charge in [-0.2, -0.15) is 5.10 Å². The summed E-state index contributed by atoms with van der Waals surface area (Å²) in [7, 11) is 1.93. The highest BCUT2D eigenvalue weighted by Gasteiger charge is 2.13. The predicted molar refractivity (Wildman–Crippen MR) is 83.3 cm³/mol. The molecule has 1 N–H and O–H groups in total. The zero-order valence-corrected chi connectivity index (χ0v) is 13.6. The van der Waals surface area contributed by atoms with Gasteiger partial charge in [0.25, 0.3) is 0 Å². The molecule has 0 aliphatic rings. The van der Waals surface area contributed by atoms with Crippen molar-refractivity contribution in [3.63, 3.8) is 0 Å². The van der Waals surface area contributed by atoms with Gasteiger partial charge in [0.1, 0.15) is 0 Å². The topological polar surface area (TPSA) is 29.9 Å². The fourth-order valence-electron chi connectivity index (χ4n) is 1.89. The van der Waals surface area contributed by atoms with Crippen LogP contribution >= 0.6 is 27.5 Å². The van der Waals surface area contributed by atoms with Gasteiger partial charge in [-0.15, -0.1) is 0 Å². The molecule has 0 fully saturated rings. The molecule has 0 radical (unpaired) electrons. The smallest absolute Gasteiger partial charge is 0.0982 e. The number of hydrogen-bond donors (Lipinski definition) is 1. The van der Waals surface area contributed by atoms with E-state index in [-0.39, 0.29) is 0 Å². The molecule has 0 unspecified atom stereocenters. The van der Waals surface area contributed by atoms with Crippen molar-refractivity contribution in [1.29, 1.82) is 0 Å². The molecule has 5 heteroatoms. The summed E-state index contributed by atoms with van der Waals surface area (Å²) in [6.07, 6.45) is 2.03. The average molecular weight is 343 g/mol. The molecular weight excluding hydrogens is 326 g/mol. The molecule has 0 aliphatic carbocycles. The van der Waals surface area contributed by atoms with Crippen LogP contribution in [0, 0.1) is 0 Å². The van der Waals surface area contributed by atoms with Crippen molar-refractivity contribution in [1.82, 2.24) is 15.1 Å². The summed E-state index contributed by atoms with van der Waals surface area (Å²) in [5.41, 5.74) is 3.06. The molecule has 2 rings (SSSR count). The standard InChI is InChI=1S/C14H17BrClN3/c1-9(2)17-7-10-8-19(3)18-14(10)12-5-4-11(15)6-13(12)16/h4-6,8-9,17H,7H2,1-3H3. The molecule has 1 aromatic carbocycles. The van der Waals surface area contributed by atoms with E-state index in [2.05, 4.69) is 40.2 Å². The van der Waals surface area contributed by atoms with E-state index in [4.69, 9.17) is 11.6 Å². The molecule has 0 spiro atoms. The highest BCUT2D eigenvalue weighted by Crippen LogP contribution is 2.31. The van der Waals surface area contributed by atoms with Crippen molar-refractivity contribution in [2.24, 2.45) is 7.05 Å². The van der Waals surface area contributed by atoms with Crippen LogP contribution in [0.2, 0.25) is 5.02 Å². The summed E-state index contributed by atoms with van der Waals surface area (Å²) in [5.74, 6) is 0. The summed E-state index contributed by atoms with van der Waals surface area (Å²) < 4.78 is 2.80. The van der Waals surface area contributed by atoms with Gasteiger partial charge in [0.2, 0.25) is 0 Å². The highest BCUT2D eigenvalue weighted by molar-refractivity contribution is 9.10. The Balaban J connectivity index is 2.38. The zero-order valence-electron chi connectivity index (χ0n) is 11.2. The van der Waals surface area contributed by atoms with Crippen LogP contribution in [0.3, 0.4) is 0 Å². The number of benzene rings is 1. The number of hydrogen-bond acceptors (Lipinski definition) is 2. The number of nitrogens with one attached hydrogen (secondary N) is 1. The lowest BCUT2D eigenvalue weighted by molar-refractivity contribution is 0.589. The van der Waals surface area contributed by atoms with Crippen molar-refractivity contribution in [2.75, 3.05) is 0 Å². The lowest BCUT2D eigenvalue weighted by Crippen LogP contribution is -2.21. The Labute approximate surface area is 127 Å². The maximum Gasteiger partial charge on any atom is 0.0982 e. The van der Waals surface area contributed by atoms with E-state index >= 15 is 0 Å². The molecule has 102 valence electrons. The van der Waals surface area contributed by atoms with Crippen molar-refractivity contribution >= 4 is 27.5 Å². The summed E-state index contributed by atoms with van der Waals surface area (Å²) in [6, 6.07) is 6.31. The summed E-state index contributed by atoms with van der Waals surface area (Å²) in [6.45, 7) is 5.04. The lowest BCUT2D eigenvalue weighted by atomic mass is 10.1. The second kappa shape index (κ2) is 6.07. The van der Waals surface area contributed by atoms with Crippen molar-refractivity contribution in [3.05, 3.63) is 39.5 Å². The molecule has 0 saturated carbocycles. The molecule has 0 saturated heterocycles. The minimum absolute atomic E-state index is 0.438. The largest absolute Gasteiger partial charge is 0.310 e. The molecule has 0 bridgehead atoms. The van der Waals surface area contributed by atoms with E-state index in [0.717, 1.165) is 27.8 Å². The van der Waals surface area contributed by atoms with Crippen LogP contribution in [-0.4, -0.2) is 15.8 Å². The average Bonchev–Trinajstić information content (AvgIpc) is 2.67. The van der Waals surface area contributed by atoms with Gasteiger partial charge in [0.05, 0.1) is 10.7 Å². The number of aryl methyl sites for hydroxylation is 1. The Morgan fingerprint density at radius 2 is 2.16 bits per heavy atom.